The van der Waals surface area contributed by atoms with E-state index in [9.17, 15) is 13.6 Å². The lowest BCUT2D eigenvalue weighted by atomic mass is 9.93. The molecule has 134 valence electrons. The van der Waals surface area contributed by atoms with Gasteiger partial charge in [0.25, 0.3) is 11.8 Å². The van der Waals surface area contributed by atoms with Crippen molar-refractivity contribution in [1.29, 1.82) is 0 Å². The Hall–Kier alpha value is -2.21. The van der Waals surface area contributed by atoms with Crippen molar-refractivity contribution in [2.45, 2.75) is 25.9 Å². The summed E-state index contributed by atoms with van der Waals surface area (Å²) in [5, 5.41) is 0. The van der Waals surface area contributed by atoms with Gasteiger partial charge in [-0.1, -0.05) is 30.3 Å². The Kier molecular flexibility index (Phi) is 5.18. The van der Waals surface area contributed by atoms with Crippen LogP contribution in [0.1, 0.15) is 28.1 Å². The molecule has 1 saturated heterocycles. The van der Waals surface area contributed by atoms with Gasteiger partial charge in [0, 0.05) is 19.5 Å². The number of amides is 1. The molecule has 0 bridgehead atoms. The zero-order valence-electron chi connectivity index (χ0n) is 14.1. The predicted octanol–water partition coefficient (Wildman–Crippen LogP) is 3.90. The lowest BCUT2D eigenvalue weighted by Crippen LogP contribution is -2.50. The quantitative estimate of drug-likeness (QED) is 0.822. The first-order valence-electron chi connectivity index (χ1n) is 8.30. The van der Waals surface area contributed by atoms with Gasteiger partial charge in [-0.3, -0.25) is 4.79 Å². The first kappa shape index (κ1) is 17.6. The van der Waals surface area contributed by atoms with E-state index >= 15 is 0 Å². The van der Waals surface area contributed by atoms with E-state index in [1.54, 1.807) is 13.0 Å². The van der Waals surface area contributed by atoms with Crippen molar-refractivity contribution in [1.82, 2.24) is 4.90 Å². The zero-order chi connectivity index (χ0) is 17.9. The second kappa shape index (κ2) is 7.35. The minimum Gasteiger partial charge on any atom is -0.469 e. The van der Waals surface area contributed by atoms with Gasteiger partial charge in [-0.25, -0.2) is 8.78 Å². The van der Waals surface area contributed by atoms with Crippen LogP contribution in [0.2, 0.25) is 0 Å². The average Bonchev–Trinajstić information content (AvgIpc) is 3.02. The number of hydrogen-bond donors (Lipinski definition) is 0. The fourth-order valence-electron chi connectivity index (χ4n) is 3.01. The lowest BCUT2D eigenvalue weighted by molar-refractivity contribution is -0.124. The van der Waals surface area contributed by atoms with Crippen LogP contribution in [0.5, 0.6) is 0 Å². The van der Waals surface area contributed by atoms with Gasteiger partial charge in [-0.05, 0) is 18.6 Å². The summed E-state index contributed by atoms with van der Waals surface area (Å²) in [5.74, 6) is -3.62. The highest BCUT2D eigenvalue weighted by atomic mass is 19.3. The van der Waals surface area contributed by atoms with Gasteiger partial charge in [0.1, 0.15) is 5.76 Å². The molecule has 2 aromatic rings. The van der Waals surface area contributed by atoms with Gasteiger partial charge < -0.3 is 14.1 Å². The highest BCUT2D eigenvalue weighted by molar-refractivity contribution is 5.95. The molecular formula is C19H21F2NO3. The zero-order valence-corrected chi connectivity index (χ0v) is 14.1. The number of nitrogens with zero attached hydrogens (tertiary/aromatic N) is 1. The lowest BCUT2D eigenvalue weighted by Gasteiger charge is -2.38. The summed E-state index contributed by atoms with van der Waals surface area (Å²) in [6.45, 7) is 1.89. The van der Waals surface area contributed by atoms with Gasteiger partial charge in [-0.15, -0.1) is 0 Å². The topological polar surface area (TPSA) is 42.7 Å². The molecule has 0 spiro atoms. The predicted molar refractivity (Wildman–Crippen MR) is 88.5 cm³/mol. The third-order valence-corrected chi connectivity index (χ3v) is 4.56. The van der Waals surface area contributed by atoms with Gasteiger partial charge in [-0.2, -0.15) is 0 Å². The van der Waals surface area contributed by atoms with Crippen molar-refractivity contribution < 1.29 is 22.7 Å². The number of hydrogen-bond acceptors (Lipinski definition) is 3. The maximum absolute atomic E-state index is 14.2. The van der Waals surface area contributed by atoms with Crippen LogP contribution in [0, 0.1) is 12.8 Å². The van der Waals surface area contributed by atoms with Crippen LogP contribution in [-0.4, -0.2) is 36.4 Å². The largest absolute Gasteiger partial charge is 0.469 e. The highest BCUT2D eigenvalue weighted by Crippen LogP contribution is 2.34. The van der Waals surface area contributed by atoms with Gasteiger partial charge in [0.15, 0.2) is 0 Å². The number of ether oxygens (including phenoxy) is 1. The van der Waals surface area contributed by atoms with Crippen LogP contribution in [0.15, 0.2) is 47.1 Å². The van der Waals surface area contributed by atoms with Gasteiger partial charge in [0.2, 0.25) is 0 Å². The van der Waals surface area contributed by atoms with Crippen LogP contribution in [0.3, 0.4) is 0 Å². The molecule has 1 amide bonds. The highest BCUT2D eigenvalue weighted by Gasteiger charge is 2.45. The van der Waals surface area contributed by atoms with Crippen LogP contribution in [-0.2, 0) is 11.3 Å². The molecule has 0 aliphatic carbocycles. The van der Waals surface area contributed by atoms with Gasteiger partial charge >= 0.3 is 0 Å². The Morgan fingerprint density at radius 2 is 2.08 bits per heavy atom. The number of carbonyl (C=O) groups excluding carboxylic acids is 1. The Balaban J connectivity index is 1.61. The smallest absolute Gasteiger partial charge is 0.257 e. The Morgan fingerprint density at radius 1 is 1.32 bits per heavy atom. The molecule has 2 heterocycles. The molecule has 0 saturated carbocycles. The molecule has 1 atom stereocenters. The Labute approximate surface area is 145 Å². The number of aryl methyl sites for hydroxylation is 1. The van der Waals surface area contributed by atoms with Crippen molar-refractivity contribution in [2.75, 3.05) is 19.7 Å². The fourth-order valence-corrected chi connectivity index (χ4v) is 3.01. The van der Waals surface area contributed by atoms with Crippen molar-refractivity contribution >= 4 is 5.91 Å². The summed E-state index contributed by atoms with van der Waals surface area (Å²) < 4.78 is 39.1. The monoisotopic (exact) mass is 349 g/mol. The first-order chi connectivity index (χ1) is 12.0. The van der Waals surface area contributed by atoms with E-state index in [2.05, 4.69) is 0 Å². The third-order valence-electron chi connectivity index (χ3n) is 4.56. The van der Waals surface area contributed by atoms with E-state index in [-0.39, 0.29) is 38.6 Å². The number of piperidine rings is 1. The maximum atomic E-state index is 14.2. The molecule has 1 aromatic carbocycles. The van der Waals surface area contributed by atoms with E-state index in [4.69, 9.17) is 9.15 Å². The second-order valence-corrected chi connectivity index (χ2v) is 6.35. The molecule has 6 heteroatoms. The van der Waals surface area contributed by atoms with Crippen LogP contribution >= 0.6 is 0 Å². The Bertz CT molecular complexity index is 714. The summed E-state index contributed by atoms with van der Waals surface area (Å²) >= 11 is 0. The SMILES string of the molecule is Cc1occc1C(=O)N1CCC(F)(F)C(COCc2ccccc2)C1. The molecule has 1 aromatic heterocycles. The minimum absolute atomic E-state index is 0.0226. The molecule has 4 nitrogen and oxygen atoms in total. The van der Waals surface area contributed by atoms with E-state index in [0.29, 0.717) is 11.3 Å². The Morgan fingerprint density at radius 3 is 2.76 bits per heavy atom. The molecule has 1 unspecified atom stereocenters. The minimum atomic E-state index is -2.83. The number of benzene rings is 1. The normalized spacial score (nSPS) is 19.8. The maximum Gasteiger partial charge on any atom is 0.257 e. The molecule has 3 rings (SSSR count). The number of alkyl halides is 2. The fraction of sp³-hybridized carbons (Fsp3) is 0.421. The van der Waals surface area contributed by atoms with E-state index in [0.717, 1.165) is 5.56 Å². The average molecular weight is 349 g/mol. The standard InChI is InChI=1S/C19H21F2NO3/c1-14-17(7-10-25-14)18(23)22-9-8-19(20,21)16(11-22)13-24-12-15-5-3-2-4-6-15/h2-7,10,16H,8-9,11-13H2,1H3. The number of halogens is 2. The molecule has 1 fully saturated rings. The number of rotatable bonds is 5. The molecule has 1 aliphatic heterocycles. The first-order valence-corrected chi connectivity index (χ1v) is 8.30. The summed E-state index contributed by atoms with van der Waals surface area (Å²) in [7, 11) is 0. The van der Waals surface area contributed by atoms with Crippen LogP contribution in [0.25, 0.3) is 0 Å². The molecule has 1 aliphatic rings. The van der Waals surface area contributed by atoms with E-state index < -0.39 is 11.8 Å². The molecular weight excluding hydrogens is 328 g/mol. The van der Waals surface area contributed by atoms with Crippen molar-refractivity contribution in [3.8, 4) is 0 Å². The number of furan rings is 1. The summed E-state index contributed by atoms with van der Waals surface area (Å²) in [5.41, 5.74) is 1.36. The summed E-state index contributed by atoms with van der Waals surface area (Å²) in [4.78, 5) is 14.0. The number of likely N-dealkylation sites (tertiary alicyclic amines) is 1. The second-order valence-electron chi connectivity index (χ2n) is 6.35. The molecule has 0 N–H and O–H groups in total. The summed E-state index contributed by atoms with van der Waals surface area (Å²) in [6.07, 6.45) is 1.08. The van der Waals surface area contributed by atoms with Crippen molar-refractivity contribution in [3.05, 3.63) is 59.5 Å². The third kappa shape index (κ3) is 4.07. The molecule has 0 radical (unpaired) electrons. The van der Waals surface area contributed by atoms with Crippen LogP contribution < -0.4 is 0 Å². The van der Waals surface area contributed by atoms with Crippen LogP contribution in [0.4, 0.5) is 8.78 Å². The van der Waals surface area contributed by atoms with Gasteiger partial charge in [0.05, 0.1) is 31.0 Å². The van der Waals surface area contributed by atoms with E-state index in [1.807, 2.05) is 30.3 Å². The summed E-state index contributed by atoms with van der Waals surface area (Å²) in [6, 6.07) is 11.0. The van der Waals surface area contributed by atoms with Crippen molar-refractivity contribution in [2.24, 2.45) is 5.92 Å². The number of carbonyl (C=O) groups is 1. The van der Waals surface area contributed by atoms with E-state index in [1.165, 1.54) is 11.2 Å². The molecule has 25 heavy (non-hydrogen) atoms. The van der Waals surface area contributed by atoms with Crippen molar-refractivity contribution in [3.63, 3.8) is 0 Å².